The monoisotopic (exact) mass is 1150 g/mol. The first-order valence-corrected chi connectivity index (χ1v) is 30.4. The Balaban J connectivity index is 4.65. The van der Waals surface area contributed by atoms with Crippen molar-refractivity contribution >= 4 is 55.7 Å². The maximum Gasteiger partial charge on any atom is 0.491 e. The minimum Gasteiger partial charge on any atom is -0.469 e. The molecule has 0 fully saturated rings. The second kappa shape index (κ2) is 38.8. The predicted molar refractivity (Wildman–Crippen MR) is 284 cm³/mol. The van der Waals surface area contributed by atoms with Gasteiger partial charge in [0.1, 0.15) is 30.3 Å². The zero-order valence-corrected chi connectivity index (χ0v) is 49.1. The Morgan fingerprint density at radius 2 is 1.03 bits per heavy atom. The fourth-order valence-corrected chi connectivity index (χ4v) is 9.48. The van der Waals surface area contributed by atoms with E-state index in [1.54, 1.807) is 20.8 Å². The third-order valence-corrected chi connectivity index (χ3v) is 14.5. The molecule has 0 aliphatic rings. The Labute approximate surface area is 457 Å². The number of quaternary nitrogens is 1. The molecule has 0 saturated carbocycles. The summed E-state index contributed by atoms with van der Waals surface area (Å²) in [6, 6.07) is -1.07. The summed E-state index contributed by atoms with van der Waals surface area (Å²) in [5.41, 5.74) is -1.28. The quantitative estimate of drug-likeness (QED) is 0.0179. The molecule has 0 radical (unpaired) electrons. The molecular formula is C51H95F3N5O16S2+. The third kappa shape index (κ3) is 42.9. The standard InChI is InChI=1S/C51H94F3N5O16S2/c1-49(2,3)74-46(63)27-23-21-19-17-15-13-11-10-12-14-16-18-20-22-26-43(61)58-41(47(64)75-50(4,5)6)28-29-42(60)55-31-24-38-76(66,67)56-32-25-39-77(68,69)57-40-44(73-48(65)51(52,53)54)59(7,8)33-35-72-37-36-71-34-30-45(62)70-9/h41,44,56-57H,10-40H2,1-9H3,(H-,55,58,60,61)/p+1/t41?,44-/m0/s1. The second-order valence-electron chi connectivity index (χ2n) is 21.6. The van der Waals surface area contributed by atoms with Gasteiger partial charge in [-0.1, -0.05) is 77.0 Å². The van der Waals surface area contributed by atoms with Crippen molar-refractivity contribution in [3.63, 3.8) is 0 Å². The molecule has 77 heavy (non-hydrogen) atoms. The molecule has 21 nitrogen and oxygen atoms in total. The molecule has 4 N–H and O–H groups in total. The van der Waals surface area contributed by atoms with Crippen LogP contribution in [0.5, 0.6) is 0 Å². The van der Waals surface area contributed by atoms with Crippen LogP contribution < -0.4 is 20.1 Å². The molecule has 2 atom stereocenters. The molecule has 0 saturated heterocycles. The van der Waals surface area contributed by atoms with E-state index >= 15 is 0 Å². The van der Waals surface area contributed by atoms with Gasteiger partial charge < -0.3 is 39.1 Å². The van der Waals surface area contributed by atoms with Crippen LogP contribution in [0, 0.1) is 0 Å². The third-order valence-electron chi connectivity index (χ3n) is 11.6. The number of ether oxygens (including phenoxy) is 6. The largest absolute Gasteiger partial charge is 0.491 e. The van der Waals surface area contributed by atoms with Crippen molar-refractivity contribution in [2.45, 2.75) is 206 Å². The molecule has 0 heterocycles. The first kappa shape index (κ1) is 73.3. The lowest BCUT2D eigenvalue weighted by atomic mass is 10.0. The van der Waals surface area contributed by atoms with Crippen molar-refractivity contribution in [2.24, 2.45) is 0 Å². The molecular weight excluding hydrogens is 1060 g/mol. The van der Waals surface area contributed by atoms with Crippen molar-refractivity contribution < 1.29 is 91.7 Å². The topological polar surface area (TPSA) is 274 Å². The SMILES string of the molecule is COC(=O)CCOCCOCC[N+](C)(C)[C@H](CNS(=O)(=O)CCCNS(=O)(=O)CCCNC(=O)CCC(NC(=O)CCCCCCCCCCCCCCCCC(=O)OC(C)(C)C)C(=O)OC(C)(C)C)OC(=O)C(F)(F)F. The Morgan fingerprint density at radius 3 is 1.53 bits per heavy atom. The number of amides is 2. The number of rotatable bonds is 45. The number of carbonyl (C=O) groups excluding carboxylic acids is 6. The summed E-state index contributed by atoms with van der Waals surface area (Å²) >= 11 is 0. The van der Waals surface area contributed by atoms with Gasteiger partial charge in [-0.3, -0.25) is 23.7 Å². The van der Waals surface area contributed by atoms with Gasteiger partial charge in [0.05, 0.1) is 65.6 Å². The number of unbranched alkanes of at least 4 members (excludes halogenated alkanes) is 13. The molecule has 0 rings (SSSR count). The summed E-state index contributed by atoms with van der Waals surface area (Å²) < 4.78 is 125. The highest BCUT2D eigenvalue weighted by Gasteiger charge is 2.45. The Bertz CT molecular complexity index is 1950. The van der Waals surface area contributed by atoms with Gasteiger partial charge in [-0.2, -0.15) is 13.2 Å². The second-order valence-corrected chi connectivity index (χ2v) is 25.4. The molecule has 1 unspecified atom stereocenters. The van der Waals surface area contributed by atoms with E-state index in [1.165, 1.54) is 59.7 Å². The molecule has 26 heteroatoms. The van der Waals surface area contributed by atoms with Crippen molar-refractivity contribution in [1.82, 2.24) is 20.1 Å². The summed E-state index contributed by atoms with van der Waals surface area (Å²) in [4.78, 5) is 73.3. The number of alkyl halides is 3. The highest BCUT2D eigenvalue weighted by atomic mass is 32.2. The number of sulfonamides is 2. The summed E-state index contributed by atoms with van der Waals surface area (Å²) in [6.07, 6.45) is 8.22. The zero-order chi connectivity index (χ0) is 58.6. The minimum atomic E-state index is -5.36. The lowest BCUT2D eigenvalue weighted by Gasteiger charge is -2.37. The fraction of sp³-hybridized carbons (Fsp3) is 0.882. The number of hydrogen-bond donors (Lipinski definition) is 4. The van der Waals surface area contributed by atoms with Gasteiger partial charge in [0, 0.05) is 32.4 Å². The van der Waals surface area contributed by atoms with E-state index in [0.717, 1.165) is 44.9 Å². The molecule has 0 spiro atoms. The lowest BCUT2D eigenvalue weighted by molar-refractivity contribution is -0.933. The molecule has 2 amide bonds. The van der Waals surface area contributed by atoms with E-state index in [1.807, 2.05) is 20.8 Å². The zero-order valence-electron chi connectivity index (χ0n) is 47.5. The van der Waals surface area contributed by atoms with Gasteiger partial charge in [0.25, 0.3) is 0 Å². The average molecular weight is 1160 g/mol. The molecule has 0 aliphatic carbocycles. The molecule has 0 aromatic rings. The Morgan fingerprint density at radius 1 is 0.545 bits per heavy atom. The Hall–Kier alpha value is -3.69. The van der Waals surface area contributed by atoms with Crippen LogP contribution in [0.3, 0.4) is 0 Å². The molecule has 0 aliphatic heterocycles. The van der Waals surface area contributed by atoms with Crippen LogP contribution in [0.1, 0.15) is 176 Å². The van der Waals surface area contributed by atoms with Crippen molar-refractivity contribution in [1.29, 1.82) is 0 Å². The van der Waals surface area contributed by atoms with Gasteiger partial charge in [-0.15, -0.1) is 0 Å². The predicted octanol–water partition coefficient (Wildman–Crippen LogP) is 6.02. The van der Waals surface area contributed by atoms with Gasteiger partial charge in [0.2, 0.25) is 38.1 Å². The molecule has 0 bridgehead atoms. The van der Waals surface area contributed by atoms with E-state index in [9.17, 15) is 58.8 Å². The average Bonchev–Trinajstić information content (AvgIpc) is 3.30. The number of carbonyl (C=O) groups is 6. The first-order valence-electron chi connectivity index (χ1n) is 27.1. The highest BCUT2D eigenvalue weighted by Crippen LogP contribution is 2.21. The molecule has 0 aromatic carbocycles. The van der Waals surface area contributed by atoms with Gasteiger partial charge in [-0.25, -0.2) is 35.9 Å². The van der Waals surface area contributed by atoms with E-state index in [-0.39, 0.29) is 96.5 Å². The Kier molecular flexibility index (Phi) is 37.0. The maximum absolute atomic E-state index is 13.1. The van der Waals surface area contributed by atoms with E-state index in [2.05, 4.69) is 29.6 Å². The molecule has 0 aromatic heterocycles. The van der Waals surface area contributed by atoms with E-state index in [0.29, 0.717) is 12.8 Å². The maximum atomic E-state index is 13.1. The van der Waals surface area contributed by atoms with Gasteiger partial charge in [0.15, 0.2) is 0 Å². The van der Waals surface area contributed by atoms with Gasteiger partial charge in [-0.05, 0) is 73.6 Å². The number of halogens is 3. The number of likely N-dealkylation sites (N-methyl/N-ethyl adjacent to an activating group) is 1. The van der Waals surface area contributed by atoms with Crippen LogP contribution in [0.15, 0.2) is 0 Å². The summed E-state index contributed by atoms with van der Waals surface area (Å²) in [6.45, 7) is 9.79. The van der Waals surface area contributed by atoms with Crippen LogP contribution in [0.2, 0.25) is 0 Å². The molecule has 452 valence electrons. The lowest BCUT2D eigenvalue weighted by Crippen LogP contribution is -2.58. The van der Waals surface area contributed by atoms with E-state index < -0.39 is 96.0 Å². The van der Waals surface area contributed by atoms with Gasteiger partial charge >= 0.3 is 30.1 Å². The highest BCUT2D eigenvalue weighted by molar-refractivity contribution is 7.89. The van der Waals surface area contributed by atoms with Crippen molar-refractivity contribution in [3.05, 3.63) is 0 Å². The van der Waals surface area contributed by atoms with Crippen LogP contribution in [-0.4, -0.2) is 172 Å². The minimum absolute atomic E-state index is 0.0169. The summed E-state index contributed by atoms with van der Waals surface area (Å²) in [7, 11) is -4.09. The van der Waals surface area contributed by atoms with Crippen molar-refractivity contribution in [3.8, 4) is 0 Å². The van der Waals surface area contributed by atoms with Crippen LogP contribution in [0.25, 0.3) is 0 Å². The van der Waals surface area contributed by atoms with Crippen LogP contribution in [-0.2, 0) is 77.2 Å². The fourth-order valence-electron chi connectivity index (χ4n) is 7.29. The number of methoxy groups -OCH3 is 1. The number of nitrogens with one attached hydrogen (secondary N) is 4. The normalized spacial score (nSPS) is 13.4. The smallest absolute Gasteiger partial charge is 0.469 e. The van der Waals surface area contributed by atoms with Crippen molar-refractivity contribution in [2.75, 3.05) is 85.3 Å². The number of hydrogen-bond acceptors (Lipinski definition) is 16. The summed E-state index contributed by atoms with van der Waals surface area (Å²) in [5, 5.41) is 5.31. The first-order chi connectivity index (χ1) is 35.8. The van der Waals surface area contributed by atoms with Crippen LogP contribution >= 0.6 is 0 Å². The van der Waals surface area contributed by atoms with Crippen LogP contribution in [0.4, 0.5) is 13.2 Å². The number of esters is 4. The number of nitrogens with zero attached hydrogens (tertiary/aromatic N) is 1. The summed E-state index contributed by atoms with van der Waals surface area (Å²) in [5.74, 6) is -5.66. The van der Waals surface area contributed by atoms with E-state index in [4.69, 9.17) is 18.9 Å².